The first kappa shape index (κ1) is 15.5. The first-order chi connectivity index (χ1) is 11.6. The van der Waals surface area contributed by atoms with E-state index in [1.807, 2.05) is 4.90 Å². The molecule has 2 saturated heterocycles. The molecule has 1 aromatic rings. The number of likely N-dealkylation sites (tertiary alicyclic amines) is 1. The van der Waals surface area contributed by atoms with E-state index in [2.05, 4.69) is 22.2 Å². The second-order valence-corrected chi connectivity index (χ2v) is 7.16. The smallest absolute Gasteiger partial charge is 0.271 e. The minimum absolute atomic E-state index is 0.112. The molecule has 2 aliphatic heterocycles. The maximum Gasteiger partial charge on any atom is 0.271 e. The summed E-state index contributed by atoms with van der Waals surface area (Å²) in [6.07, 6.45) is 5.63. The Bertz CT molecular complexity index is 638. The van der Waals surface area contributed by atoms with Crippen molar-refractivity contribution >= 4 is 11.8 Å². The van der Waals surface area contributed by atoms with E-state index in [0.717, 1.165) is 13.0 Å². The molecule has 4 rings (SSSR count). The Balaban J connectivity index is 1.31. The second kappa shape index (κ2) is 6.12. The van der Waals surface area contributed by atoms with Crippen molar-refractivity contribution in [1.82, 2.24) is 20.2 Å². The van der Waals surface area contributed by atoms with E-state index in [0.29, 0.717) is 37.2 Å². The largest absolute Gasteiger partial charge is 0.376 e. The Hall–Kier alpha value is -2.02. The summed E-state index contributed by atoms with van der Waals surface area (Å²) in [5, 5.41) is 2.91. The number of ether oxygens (including phenoxy) is 1. The van der Waals surface area contributed by atoms with Crippen LogP contribution in [0.5, 0.6) is 0 Å². The van der Waals surface area contributed by atoms with Gasteiger partial charge in [-0.1, -0.05) is 6.92 Å². The maximum atomic E-state index is 12.4. The van der Waals surface area contributed by atoms with E-state index >= 15 is 0 Å². The third kappa shape index (κ3) is 2.88. The van der Waals surface area contributed by atoms with Gasteiger partial charge in [-0.15, -0.1) is 0 Å². The first-order valence-electron chi connectivity index (χ1n) is 8.58. The van der Waals surface area contributed by atoms with Crippen LogP contribution in [0.4, 0.5) is 0 Å². The summed E-state index contributed by atoms with van der Waals surface area (Å²) in [4.78, 5) is 34.3. The van der Waals surface area contributed by atoms with Crippen LogP contribution in [-0.2, 0) is 9.53 Å². The second-order valence-electron chi connectivity index (χ2n) is 7.16. The highest BCUT2D eigenvalue weighted by molar-refractivity contribution is 5.91. The van der Waals surface area contributed by atoms with Gasteiger partial charge in [0.2, 0.25) is 5.91 Å². The lowest BCUT2D eigenvalue weighted by Gasteiger charge is -2.20. The minimum atomic E-state index is -0.218. The predicted octanol–water partition coefficient (Wildman–Crippen LogP) is 0.336. The van der Waals surface area contributed by atoms with Gasteiger partial charge in [-0.2, -0.15) is 0 Å². The van der Waals surface area contributed by atoms with Crippen molar-refractivity contribution in [3.63, 3.8) is 0 Å². The fourth-order valence-electron chi connectivity index (χ4n) is 3.82. The van der Waals surface area contributed by atoms with Crippen LogP contribution in [0.3, 0.4) is 0 Å². The Kier molecular flexibility index (Phi) is 3.96. The van der Waals surface area contributed by atoms with Gasteiger partial charge >= 0.3 is 0 Å². The van der Waals surface area contributed by atoms with E-state index < -0.39 is 0 Å². The predicted molar refractivity (Wildman–Crippen MR) is 84.9 cm³/mol. The van der Waals surface area contributed by atoms with Gasteiger partial charge in [0.15, 0.2) is 0 Å². The van der Waals surface area contributed by atoms with Crippen LogP contribution in [0.2, 0.25) is 0 Å². The molecule has 7 nitrogen and oxygen atoms in total. The van der Waals surface area contributed by atoms with E-state index in [4.69, 9.17) is 4.74 Å². The standard InChI is InChI=1S/C17H22N4O3/c1-10-4-12(10)17(23)21-7-13-11(9-24-15(13)8-21)5-20-16(22)14-6-18-2-3-19-14/h2-3,6,10-13,15H,4-5,7-9H2,1H3,(H,20,22)/t10-,11-,12+,13-,15-/m1/s1. The highest BCUT2D eigenvalue weighted by Gasteiger charge is 2.49. The zero-order valence-electron chi connectivity index (χ0n) is 13.7. The topological polar surface area (TPSA) is 84.4 Å². The van der Waals surface area contributed by atoms with Gasteiger partial charge < -0.3 is 15.0 Å². The van der Waals surface area contributed by atoms with Crippen LogP contribution in [0.1, 0.15) is 23.8 Å². The van der Waals surface area contributed by atoms with Crippen molar-refractivity contribution in [2.75, 3.05) is 26.2 Å². The molecule has 3 aliphatic rings. The van der Waals surface area contributed by atoms with Crippen LogP contribution >= 0.6 is 0 Å². The number of fused-ring (bicyclic) bond motifs is 1. The molecule has 3 fully saturated rings. The molecule has 3 heterocycles. The molecular weight excluding hydrogens is 308 g/mol. The van der Waals surface area contributed by atoms with Gasteiger partial charge in [0.05, 0.1) is 18.9 Å². The number of carbonyl (C=O) groups excluding carboxylic acids is 2. The van der Waals surface area contributed by atoms with Crippen LogP contribution < -0.4 is 5.32 Å². The molecule has 128 valence electrons. The quantitative estimate of drug-likeness (QED) is 0.860. The van der Waals surface area contributed by atoms with Gasteiger partial charge in [-0.3, -0.25) is 14.6 Å². The van der Waals surface area contributed by atoms with E-state index in [-0.39, 0.29) is 29.8 Å². The Labute approximate surface area is 140 Å². The average molecular weight is 330 g/mol. The number of aromatic nitrogens is 2. The fraction of sp³-hybridized carbons (Fsp3) is 0.647. The lowest BCUT2D eigenvalue weighted by atomic mass is 9.93. The maximum absolute atomic E-state index is 12.4. The normalized spacial score (nSPS) is 34.0. The average Bonchev–Trinajstić information content (AvgIpc) is 3.02. The molecule has 1 N–H and O–H groups in total. The van der Waals surface area contributed by atoms with E-state index in [1.165, 1.54) is 18.6 Å². The lowest BCUT2D eigenvalue weighted by molar-refractivity contribution is -0.132. The molecule has 2 amide bonds. The summed E-state index contributed by atoms with van der Waals surface area (Å²) in [5.41, 5.74) is 0.318. The summed E-state index contributed by atoms with van der Waals surface area (Å²) in [6, 6.07) is 0. The molecule has 0 spiro atoms. The molecule has 5 atom stereocenters. The summed E-state index contributed by atoms with van der Waals surface area (Å²) >= 11 is 0. The number of hydrogen-bond acceptors (Lipinski definition) is 5. The molecule has 0 unspecified atom stereocenters. The Morgan fingerprint density at radius 3 is 2.92 bits per heavy atom. The highest BCUT2D eigenvalue weighted by Crippen LogP contribution is 2.41. The van der Waals surface area contributed by atoms with Gasteiger partial charge in [0.25, 0.3) is 5.91 Å². The number of nitrogens with one attached hydrogen (secondary N) is 1. The summed E-state index contributed by atoms with van der Waals surface area (Å²) in [7, 11) is 0. The zero-order valence-corrected chi connectivity index (χ0v) is 13.7. The summed E-state index contributed by atoms with van der Waals surface area (Å²) < 4.78 is 5.86. The van der Waals surface area contributed by atoms with Crippen LogP contribution in [-0.4, -0.2) is 59.0 Å². The molecular formula is C17H22N4O3. The van der Waals surface area contributed by atoms with Crippen LogP contribution in [0.25, 0.3) is 0 Å². The number of carbonyl (C=O) groups is 2. The van der Waals surface area contributed by atoms with Gasteiger partial charge in [0.1, 0.15) is 5.69 Å². The summed E-state index contributed by atoms with van der Waals surface area (Å²) in [5.74, 6) is 1.36. The summed E-state index contributed by atoms with van der Waals surface area (Å²) in [6.45, 7) is 4.75. The van der Waals surface area contributed by atoms with Crippen LogP contribution in [0, 0.1) is 23.7 Å². The monoisotopic (exact) mass is 330 g/mol. The Morgan fingerprint density at radius 1 is 1.38 bits per heavy atom. The SMILES string of the molecule is C[C@@H]1C[C@@H]1C(=O)N1C[C@@H]2[C@H](CNC(=O)c3cnccn3)CO[C@@H]2C1. The molecule has 24 heavy (non-hydrogen) atoms. The lowest BCUT2D eigenvalue weighted by Crippen LogP contribution is -2.36. The highest BCUT2D eigenvalue weighted by atomic mass is 16.5. The third-order valence-electron chi connectivity index (χ3n) is 5.50. The first-order valence-corrected chi connectivity index (χ1v) is 8.58. The van der Waals surface area contributed by atoms with Crippen molar-refractivity contribution < 1.29 is 14.3 Å². The number of nitrogens with zero attached hydrogens (tertiary/aromatic N) is 3. The van der Waals surface area contributed by atoms with Crippen LogP contribution in [0.15, 0.2) is 18.6 Å². The number of rotatable bonds is 4. The van der Waals surface area contributed by atoms with Gasteiger partial charge in [-0.05, 0) is 12.3 Å². The van der Waals surface area contributed by atoms with Gasteiger partial charge in [0, 0.05) is 49.8 Å². The van der Waals surface area contributed by atoms with E-state index in [9.17, 15) is 9.59 Å². The number of hydrogen-bond donors (Lipinski definition) is 1. The van der Waals surface area contributed by atoms with Crippen molar-refractivity contribution in [1.29, 1.82) is 0 Å². The molecule has 0 radical (unpaired) electrons. The molecule has 0 aromatic carbocycles. The molecule has 7 heteroatoms. The van der Waals surface area contributed by atoms with Crippen molar-refractivity contribution in [3.8, 4) is 0 Å². The van der Waals surface area contributed by atoms with Crippen molar-refractivity contribution in [2.24, 2.45) is 23.7 Å². The van der Waals surface area contributed by atoms with Crippen molar-refractivity contribution in [2.45, 2.75) is 19.4 Å². The number of amides is 2. The van der Waals surface area contributed by atoms with E-state index in [1.54, 1.807) is 0 Å². The molecule has 0 bridgehead atoms. The minimum Gasteiger partial charge on any atom is -0.376 e. The van der Waals surface area contributed by atoms with Gasteiger partial charge in [-0.25, -0.2) is 4.98 Å². The zero-order chi connectivity index (χ0) is 16.7. The molecule has 1 aromatic heterocycles. The molecule has 1 saturated carbocycles. The van der Waals surface area contributed by atoms with Crippen molar-refractivity contribution in [3.05, 3.63) is 24.3 Å². The molecule has 1 aliphatic carbocycles. The Morgan fingerprint density at radius 2 is 2.21 bits per heavy atom. The third-order valence-corrected chi connectivity index (χ3v) is 5.50. The fourth-order valence-corrected chi connectivity index (χ4v) is 3.82.